The number of likely N-dealkylation sites (tertiary alicyclic amines) is 1. The molecule has 0 radical (unpaired) electrons. The van der Waals surface area contributed by atoms with Crippen LogP contribution in [0.1, 0.15) is 64.7 Å². The molecule has 1 aliphatic heterocycles. The third kappa shape index (κ3) is 8.71. The first-order valence-electron chi connectivity index (χ1n) is 9.93. The standard InChI is InChI=1S/C21H32ClNO3.ClH/c1-3-4-5-6-10-21(24)26-20-16-17(22)11-12-19(20)25-15-13-18-9-7-8-14-23(18)2;/h11-12,16,18H,3-10,13-15H2,1-2H3;1H. The lowest BCUT2D eigenvalue weighted by Crippen LogP contribution is -2.37. The smallest absolute Gasteiger partial charge is 0.311 e. The Morgan fingerprint density at radius 1 is 1.22 bits per heavy atom. The zero-order valence-electron chi connectivity index (χ0n) is 16.5. The largest absolute Gasteiger partial charge is 0.490 e. The van der Waals surface area contributed by atoms with E-state index in [4.69, 9.17) is 21.1 Å². The van der Waals surface area contributed by atoms with Crippen LogP contribution in [0, 0.1) is 0 Å². The molecule has 1 unspecified atom stereocenters. The number of hydrogen-bond donors (Lipinski definition) is 0. The van der Waals surface area contributed by atoms with Crippen molar-refractivity contribution >= 4 is 30.0 Å². The number of carbonyl (C=O) groups is 1. The Balaban J connectivity index is 0.00000364. The number of esters is 1. The van der Waals surface area contributed by atoms with Gasteiger partial charge in [-0.3, -0.25) is 4.79 Å². The summed E-state index contributed by atoms with van der Waals surface area (Å²) >= 11 is 6.07. The molecule has 1 saturated heterocycles. The topological polar surface area (TPSA) is 38.8 Å². The van der Waals surface area contributed by atoms with Crippen LogP contribution >= 0.6 is 24.0 Å². The van der Waals surface area contributed by atoms with Crippen LogP contribution < -0.4 is 9.47 Å². The van der Waals surface area contributed by atoms with E-state index >= 15 is 0 Å². The van der Waals surface area contributed by atoms with Crippen molar-refractivity contribution in [2.24, 2.45) is 0 Å². The second-order valence-corrected chi connectivity index (χ2v) is 7.58. The minimum Gasteiger partial charge on any atom is -0.490 e. The summed E-state index contributed by atoms with van der Waals surface area (Å²) in [6.45, 7) is 3.92. The van der Waals surface area contributed by atoms with E-state index in [-0.39, 0.29) is 18.4 Å². The van der Waals surface area contributed by atoms with Gasteiger partial charge in [-0.05, 0) is 51.4 Å². The lowest BCUT2D eigenvalue weighted by molar-refractivity contribution is -0.134. The Hall–Kier alpha value is -0.970. The molecule has 1 aromatic rings. The monoisotopic (exact) mass is 417 g/mol. The fraction of sp³-hybridized carbons (Fsp3) is 0.667. The van der Waals surface area contributed by atoms with Gasteiger partial charge in [0.1, 0.15) is 0 Å². The molecule has 2 rings (SSSR count). The first-order valence-corrected chi connectivity index (χ1v) is 10.3. The van der Waals surface area contributed by atoms with Crippen molar-refractivity contribution in [3.8, 4) is 11.5 Å². The molecule has 0 aliphatic carbocycles. The fourth-order valence-electron chi connectivity index (χ4n) is 3.36. The molecule has 0 amide bonds. The molecule has 4 nitrogen and oxygen atoms in total. The van der Waals surface area contributed by atoms with Crippen LogP contribution in [0.25, 0.3) is 0 Å². The van der Waals surface area contributed by atoms with Gasteiger partial charge < -0.3 is 14.4 Å². The van der Waals surface area contributed by atoms with Gasteiger partial charge in [0.15, 0.2) is 11.5 Å². The predicted octanol–water partition coefficient (Wildman–Crippen LogP) is 5.89. The second-order valence-electron chi connectivity index (χ2n) is 7.14. The Labute approximate surface area is 175 Å². The number of hydrogen-bond acceptors (Lipinski definition) is 4. The van der Waals surface area contributed by atoms with E-state index in [0.29, 0.717) is 35.6 Å². The highest BCUT2D eigenvalue weighted by Gasteiger charge is 2.19. The molecule has 0 aromatic heterocycles. The van der Waals surface area contributed by atoms with E-state index < -0.39 is 0 Å². The van der Waals surface area contributed by atoms with E-state index in [9.17, 15) is 4.79 Å². The number of carbonyl (C=O) groups excluding carboxylic acids is 1. The number of unbranched alkanes of at least 4 members (excludes halogenated alkanes) is 3. The summed E-state index contributed by atoms with van der Waals surface area (Å²) in [6.07, 6.45) is 9.41. The number of rotatable bonds is 10. The number of benzene rings is 1. The third-order valence-electron chi connectivity index (χ3n) is 4.99. The van der Waals surface area contributed by atoms with Crippen molar-refractivity contribution in [2.45, 2.75) is 70.8 Å². The lowest BCUT2D eigenvalue weighted by Gasteiger charge is -2.32. The Kier molecular flexibility index (Phi) is 11.8. The van der Waals surface area contributed by atoms with Crippen LogP contribution in [0.2, 0.25) is 5.02 Å². The molecule has 0 spiro atoms. The van der Waals surface area contributed by atoms with E-state index in [1.165, 1.54) is 19.3 Å². The van der Waals surface area contributed by atoms with Crippen molar-refractivity contribution in [1.29, 1.82) is 0 Å². The quantitative estimate of drug-likeness (QED) is 0.270. The third-order valence-corrected chi connectivity index (χ3v) is 5.23. The van der Waals surface area contributed by atoms with Gasteiger partial charge in [0.05, 0.1) is 6.61 Å². The van der Waals surface area contributed by atoms with Crippen molar-refractivity contribution < 1.29 is 14.3 Å². The van der Waals surface area contributed by atoms with E-state index in [1.807, 2.05) is 0 Å². The maximum atomic E-state index is 12.1. The summed E-state index contributed by atoms with van der Waals surface area (Å²) in [7, 11) is 2.18. The van der Waals surface area contributed by atoms with Gasteiger partial charge in [-0.15, -0.1) is 12.4 Å². The molecule has 1 atom stereocenters. The highest BCUT2D eigenvalue weighted by Crippen LogP contribution is 2.31. The molecular formula is C21H33Cl2NO3. The summed E-state index contributed by atoms with van der Waals surface area (Å²) in [5.41, 5.74) is 0. The number of ether oxygens (including phenoxy) is 2. The minimum atomic E-state index is -0.222. The van der Waals surface area contributed by atoms with Gasteiger partial charge >= 0.3 is 5.97 Å². The Bertz CT molecular complexity index is 568. The highest BCUT2D eigenvalue weighted by molar-refractivity contribution is 6.30. The van der Waals surface area contributed by atoms with Crippen molar-refractivity contribution in [2.75, 3.05) is 20.2 Å². The van der Waals surface area contributed by atoms with Crippen molar-refractivity contribution in [3.63, 3.8) is 0 Å². The summed E-state index contributed by atoms with van der Waals surface area (Å²) in [6, 6.07) is 5.78. The molecule has 1 aliphatic rings. The Morgan fingerprint density at radius 2 is 2.04 bits per heavy atom. The molecule has 0 N–H and O–H groups in total. The molecule has 0 saturated carbocycles. The van der Waals surface area contributed by atoms with Gasteiger partial charge in [0, 0.05) is 23.6 Å². The van der Waals surface area contributed by atoms with Gasteiger partial charge in [-0.1, -0.05) is 44.2 Å². The van der Waals surface area contributed by atoms with Crippen LogP contribution in [0.5, 0.6) is 11.5 Å². The number of nitrogens with zero attached hydrogens (tertiary/aromatic N) is 1. The normalized spacial score (nSPS) is 17.2. The number of halogens is 2. The number of piperidine rings is 1. The van der Waals surface area contributed by atoms with Crippen LogP contribution in [0.15, 0.2) is 18.2 Å². The van der Waals surface area contributed by atoms with Crippen LogP contribution in [-0.4, -0.2) is 37.1 Å². The molecule has 6 heteroatoms. The summed E-state index contributed by atoms with van der Waals surface area (Å²) < 4.78 is 11.4. The molecular weight excluding hydrogens is 385 g/mol. The summed E-state index contributed by atoms with van der Waals surface area (Å²) in [5.74, 6) is 0.796. The lowest BCUT2D eigenvalue weighted by atomic mass is 10.0. The van der Waals surface area contributed by atoms with Crippen molar-refractivity contribution in [3.05, 3.63) is 23.2 Å². The van der Waals surface area contributed by atoms with Gasteiger partial charge in [-0.25, -0.2) is 0 Å². The maximum Gasteiger partial charge on any atom is 0.311 e. The summed E-state index contributed by atoms with van der Waals surface area (Å²) in [5, 5.41) is 0.540. The average Bonchev–Trinajstić information content (AvgIpc) is 2.62. The second kappa shape index (κ2) is 13.2. The molecule has 1 aromatic carbocycles. The first kappa shape index (κ1) is 24.1. The maximum absolute atomic E-state index is 12.1. The van der Waals surface area contributed by atoms with Crippen LogP contribution in [-0.2, 0) is 4.79 Å². The highest BCUT2D eigenvalue weighted by atomic mass is 35.5. The fourth-order valence-corrected chi connectivity index (χ4v) is 3.53. The molecule has 27 heavy (non-hydrogen) atoms. The Morgan fingerprint density at radius 3 is 2.78 bits per heavy atom. The molecule has 1 heterocycles. The minimum absolute atomic E-state index is 0. The van der Waals surface area contributed by atoms with Gasteiger partial charge in [-0.2, -0.15) is 0 Å². The predicted molar refractivity (Wildman–Crippen MR) is 113 cm³/mol. The zero-order valence-corrected chi connectivity index (χ0v) is 18.1. The van der Waals surface area contributed by atoms with Crippen molar-refractivity contribution in [1.82, 2.24) is 4.90 Å². The summed E-state index contributed by atoms with van der Waals surface area (Å²) in [4.78, 5) is 14.5. The SMILES string of the molecule is CCCCCCC(=O)Oc1cc(Cl)ccc1OCCC1CCCCN1C.Cl. The van der Waals surface area contributed by atoms with Gasteiger partial charge in [0.25, 0.3) is 0 Å². The average molecular weight is 418 g/mol. The van der Waals surface area contributed by atoms with Crippen LogP contribution in [0.4, 0.5) is 0 Å². The van der Waals surface area contributed by atoms with Crippen LogP contribution in [0.3, 0.4) is 0 Å². The molecule has 0 bridgehead atoms. The molecule has 1 fully saturated rings. The van der Waals surface area contributed by atoms with Gasteiger partial charge in [0.2, 0.25) is 0 Å². The zero-order chi connectivity index (χ0) is 18.8. The van der Waals surface area contributed by atoms with E-state index in [2.05, 4.69) is 18.9 Å². The van der Waals surface area contributed by atoms with E-state index in [0.717, 1.165) is 38.6 Å². The molecule has 154 valence electrons. The van der Waals surface area contributed by atoms with E-state index in [1.54, 1.807) is 18.2 Å². The first-order chi connectivity index (χ1) is 12.6.